The van der Waals surface area contributed by atoms with Gasteiger partial charge in [0.05, 0.1) is 11.3 Å². The number of halogens is 2. The average molecular weight is 323 g/mol. The monoisotopic (exact) mass is 322 g/mol. The van der Waals surface area contributed by atoms with Crippen LogP contribution in [0.4, 0.5) is 10.1 Å². The maximum absolute atomic E-state index is 13.3. The van der Waals surface area contributed by atoms with Gasteiger partial charge in [-0.1, -0.05) is 40.2 Å². The van der Waals surface area contributed by atoms with Crippen molar-refractivity contribution in [3.8, 4) is 0 Å². The molecular weight excluding hydrogens is 311 g/mol. The molecule has 98 valence electrons. The third-order valence-electron chi connectivity index (χ3n) is 2.69. The van der Waals surface area contributed by atoms with Crippen LogP contribution in [0.5, 0.6) is 0 Å². The van der Waals surface area contributed by atoms with Gasteiger partial charge in [0.25, 0.3) is 5.91 Å². The zero-order chi connectivity index (χ0) is 13.8. The highest BCUT2D eigenvalue weighted by Gasteiger charge is 2.12. The lowest BCUT2D eigenvalue weighted by molar-refractivity contribution is 0.0951. The molecule has 2 rings (SSSR count). The first-order chi connectivity index (χ1) is 9.09. The van der Waals surface area contributed by atoms with Gasteiger partial charge in [0.2, 0.25) is 0 Å². The molecule has 3 nitrogen and oxygen atoms in total. The highest BCUT2D eigenvalue weighted by Crippen LogP contribution is 2.17. The Kier molecular flexibility index (Phi) is 4.16. The van der Waals surface area contributed by atoms with E-state index in [9.17, 15) is 9.18 Å². The fourth-order valence-corrected chi connectivity index (χ4v) is 2.07. The molecule has 2 aromatic carbocycles. The van der Waals surface area contributed by atoms with Gasteiger partial charge in [0, 0.05) is 11.0 Å². The number of carbonyl (C=O) groups excluding carboxylic acids is 1. The molecule has 0 aliphatic carbocycles. The normalized spacial score (nSPS) is 10.2. The fourth-order valence-electron chi connectivity index (χ4n) is 1.65. The van der Waals surface area contributed by atoms with Gasteiger partial charge in [0.1, 0.15) is 5.82 Å². The van der Waals surface area contributed by atoms with Crippen molar-refractivity contribution in [2.75, 3.05) is 5.73 Å². The molecule has 19 heavy (non-hydrogen) atoms. The van der Waals surface area contributed by atoms with Crippen molar-refractivity contribution in [1.29, 1.82) is 0 Å². The maximum atomic E-state index is 13.3. The number of benzene rings is 2. The summed E-state index contributed by atoms with van der Waals surface area (Å²) in [4.78, 5) is 11.9. The van der Waals surface area contributed by atoms with E-state index in [4.69, 9.17) is 5.73 Å². The van der Waals surface area contributed by atoms with E-state index in [0.717, 1.165) is 10.0 Å². The van der Waals surface area contributed by atoms with Gasteiger partial charge in [-0.15, -0.1) is 0 Å². The number of amides is 1. The Morgan fingerprint density at radius 2 is 1.95 bits per heavy atom. The third-order valence-corrected chi connectivity index (χ3v) is 3.47. The standard InChI is InChI=1S/C14H12BrFN2O/c15-11-6-2-1-4-9(11)8-18-14(19)10-5-3-7-12(16)13(10)17/h1-7H,8,17H2,(H,18,19). The summed E-state index contributed by atoms with van der Waals surface area (Å²) in [6, 6.07) is 11.7. The summed E-state index contributed by atoms with van der Waals surface area (Å²) in [5.74, 6) is -0.985. The van der Waals surface area contributed by atoms with Crippen LogP contribution in [-0.2, 0) is 6.54 Å². The van der Waals surface area contributed by atoms with Crippen molar-refractivity contribution in [2.45, 2.75) is 6.54 Å². The highest BCUT2D eigenvalue weighted by atomic mass is 79.9. The molecule has 2 aromatic rings. The Balaban J connectivity index is 2.10. The SMILES string of the molecule is Nc1c(F)cccc1C(=O)NCc1ccccc1Br. The predicted molar refractivity (Wildman–Crippen MR) is 76.1 cm³/mol. The van der Waals surface area contributed by atoms with Gasteiger partial charge in [-0.3, -0.25) is 4.79 Å². The van der Waals surface area contributed by atoms with Crippen molar-refractivity contribution in [2.24, 2.45) is 0 Å². The van der Waals surface area contributed by atoms with E-state index < -0.39 is 11.7 Å². The minimum Gasteiger partial charge on any atom is -0.396 e. The number of nitrogen functional groups attached to an aromatic ring is 1. The Morgan fingerprint density at radius 1 is 1.21 bits per heavy atom. The molecule has 0 unspecified atom stereocenters. The quantitative estimate of drug-likeness (QED) is 0.853. The summed E-state index contributed by atoms with van der Waals surface area (Å²) in [6.07, 6.45) is 0. The molecule has 0 aromatic heterocycles. The van der Waals surface area contributed by atoms with Crippen molar-refractivity contribution in [1.82, 2.24) is 5.32 Å². The van der Waals surface area contributed by atoms with Crippen LogP contribution in [0.1, 0.15) is 15.9 Å². The number of nitrogens with two attached hydrogens (primary N) is 1. The van der Waals surface area contributed by atoms with Crippen molar-refractivity contribution in [3.05, 3.63) is 63.9 Å². The van der Waals surface area contributed by atoms with Crippen LogP contribution in [0.25, 0.3) is 0 Å². The number of hydrogen-bond acceptors (Lipinski definition) is 2. The Bertz CT molecular complexity index is 616. The summed E-state index contributed by atoms with van der Waals surface area (Å²) < 4.78 is 14.2. The van der Waals surface area contributed by atoms with Gasteiger partial charge >= 0.3 is 0 Å². The lowest BCUT2D eigenvalue weighted by Crippen LogP contribution is -2.24. The van der Waals surface area contributed by atoms with E-state index in [1.165, 1.54) is 18.2 Å². The first-order valence-corrected chi connectivity index (χ1v) is 6.44. The first kappa shape index (κ1) is 13.5. The molecule has 0 aliphatic rings. The van der Waals surface area contributed by atoms with Crippen molar-refractivity contribution in [3.63, 3.8) is 0 Å². The van der Waals surface area contributed by atoms with Crippen LogP contribution >= 0.6 is 15.9 Å². The van der Waals surface area contributed by atoms with Crippen LogP contribution < -0.4 is 11.1 Å². The third kappa shape index (κ3) is 3.12. The number of hydrogen-bond donors (Lipinski definition) is 2. The lowest BCUT2D eigenvalue weighted by atomic mass is 10.1. The highest BCUT2D eigenvalue weighted by molar-refractivity contribution is 9.10. The lowest BCUT2D eigenvalue weighted by Gasteiger charge is -2.09. The topological polar surface area (TPSA) is 55.1 Å². The molecule has 1 amide bonds. The fraction of sp³-hybridized carbons (Fsp3) is 0.0714. The second kappa shape index (κ2) is 5.84. The van der Waals surface area contributed by atoms with E-state index in [2.05, 4.69) is 21.2 Å². The first-order valence-electron chi connectivity index (χ1n) is 5.65. The van der Waals surface area contributed by atoms with Gasteiger partial charge in [0.15, 0.2) is 0 Å². The summed E-state index contributed by atoms with van der Waals surface area (Å²) in [7, 11) is 0. The Labute approximate surface area is 118 Å². The summed E-state index contributed by atoms with van der Waals surface area (Å²) in [5, 5.41) is 2.71. The molecule has 0 saturated carbocycles. The second-order valence-corrected chi connectivity index (χ2v) is 4.83. The molecule has 0 aliphatic heterocycles. The molecule has 5 heteroatoms. The minimum atomic E-state index is -0.589. The number of anilines is 1. The molecular formula is C14H12BrFN2O. The molecule has 0 atom stereocenters. The largest absolute Gasteiger partial charge is 0.396 e. The van der Waals surface area contributed by atoms with Crippen LogP contribution in [0.15, 0.2) is 46.9 Å². The van der Waals surface area contributed by atoms with E-state index in [0.29, 0.717) is 6.54 Å². The Hall–Kier alpha value is -1.88. The van der Waals surface area contributed by atoms with Crippen LogP contribution in [0.2, 0.25) is 0 Å². The van der Waals surface area contributed by atoms with Crippen LogP contribution in [-0.4, -0.2) is 5.91 Å². The number of para-hydroxylation sites is 1. The predicted octanol–water partition coefficient (Wildman–Crippen LogP) is 3.10. The number of carbonyl (C=O) groups is 1. The van der Waals surface area contributed by atoms with Gasteiger partial charge in [-0.2, -0.15) is 0 Å². The van der Waals surface area contributed by atoms with Gasteiger partial charge in [-0.05, 0) is 23.8 Å². The minimum absolute atomic E-state index is 0.132. The molecule has 0 bridgehead atoms. The average Bonchev–Trinajstić information content (AvgIpc) is 2.40. The van der Waals surface area contributed by atoms with E-state index >= 15 is 0 Å². The van der Waals surface area contributed by atoms with E-state index in [-0.39, 0.29) is 11.3 Å². The zero-order valence-electron chi connectivity index (χ0n) is 9.99. The van der Waals surface area contributed by atoms with E-state index in [1.54, 1.807) is 0 Å². The molecule has 0 heterocycles. The molecule has 0 radical (unpaired) electrons. The summed E-state index contributed by atoms with van der Waals surface area (Å²) in [6.45, 7) is 0.343. The van der Waals surface area contributed by atoms with Crippen LogP contribution in [0, 0.1) is 5.82 Å². The molecule has 0 spiro atoms. The molecule has 0 fully saturated rings. The maximum Gasteiger partial charge on any atom is 0.253 e. The number of rotatable bonds is 3. The molecule has 3 N–H and O–H groups in total. The summed E-state index contributed by atoms with van der Waals surface area (Å²) >= 11 is 3.39. The van der Waals surface area contributed by atoms with Gasteiger partial charge < -0.3 is 11.1 Å². The second-order valence-electron chi connectivity index (χ2n) is 3.98. The van der Waals surface area contributed by atoms with Crippen LogP contribution in [0.3, 0.4) is 0 Å². The Morgan fingerprint density at radius 3 is 2.68 bits per heavy atom. The van der Waals surface area contributed by atoms with Crippen molar-refractivity contribution >= 4 is 27.5 Å². The van der Waals surface area contributed by atoms with Gasteiger partial charge in [-0.25, -0.2) is 4.39 Å². The summed E-state index contributed by atoms with van der Waals surface area (Å²) in [5.41, 5.74) is 6.49. The molecule has 0 saturated heterocycles. The zero-order valence-corrected chi connectivity index (χ0v) is 11.6. The number of nitrogens with one attached hydrogen (secondary N) is 1. The van der Waals surface area contributed by atoms with E-state index in [1.807, 2.05) is 24.3 Å². The smallest absolute Gasteiger partial charge is 0.253 e. The van der Waals surface area contributed by atoms with Crippen molar-refractivity contribution < 1.29 is 9.18 Å².